The topological polar surface area (TPSA) is 75.7 Å². The van der Waals surface area contributed by atoms with Crippen LogP contribution in [0.3, 0.4) is 0 Å². The molecule has 36 heavy (non-hydrogen) atoms. The van der Waals surface area contributed by atoms with Crippen LogP contribution in [-0.2, 0) is 22.0 Å². The molecule has 3 aromatic rings. The van der Waals surface area contributed by atoms with Crippen LogP contribution in [0.15, 0.2) is 66.7 Å². The molecule has 7 heteroatoms. The quantitative estimate of drug-likeness (QED) is 0.394. The van der Waals surface area contributed by atoms with E-state index >= 15 is 0 Å². The fraction of sp³-hybridized carbons (Fsp3) is 0.345. The van der Waals surface area contributed by atoms with Gasteiger partial charge in [-0.25, -0.2) is 8.42 Å². The number of benzene rings is 3. The summed E-state index contributed by atoms with van der Waals surface area (Å²) in [5, 5.41) is 2.88. The van der Waals surface area contributed by atoms with Gasteiger partial charge in [0.05, 0.1) is 25.0 Å². The summed E-state index contributed by atoms with van der Waals surface area (Å²) in [5.41, 5.74) is 5.13. The van der Waals surface area contributed by atoms with Gasteiger partial charge in [0.25, 0.3) is 5.91 Å². The van der Waals surface area contributed by atoms with E-state index in [9.17, 15) is 13.2 Å². The van der Waals surface area contributed by atoms with Crippen LogP contribution in [0.1, 0.15) is 53.4 Å². The molecule has 0 bridgehead atoms. The molecule has 0 saturated carbocycles. The van der Waals surface area contributed by atoms with E-state index in [1.54, 1.807) is 24.3 Å². The number of para-hydroxylation sites is 1. The van der Waals surface area contributed by atoms with Gasteiger partial charge in [-0.15, -0.1) is 0 Å². The molecule has 192 valence electrons. The normalized spacial score (nSPS) is 11.7. The van der Waals surface area contributed by atoms with Gasteiger partial charge < -0.3 is 10.1 Å². The lowest BCUT2D eigenvalue weighted by molar-refractivity contribution is 0.0946. The minimum atomic E-state index is -3.48. The van der Waals surface area contributed by atoms with Gasteiger partial charge in [-0.2, -0.15) is 0 Å². The van der Waals surface area contributed by atoms with Gasteiger partial charge in [-0.05, 0) is 71.8 Å². The average Bonchev–Trinajstić information content (AvgIpc) is 2.81. The number of amides is 1. The molecule has 0 aliphatic carbocycles. The number of hydrogen-bond donors (Lipinski definition) is 1. The predicted octanol–water partition coefficient (Wildman–Crippen LogP) is 5.38. The van der Waals surface area contributed by atoms with Crippen molar-refractivity contribution < 1.29 is 17.9 Å². The third-order valence-corrected chi connectivity index (χ3v) is 7.20. The zero-order valence-corrected chi connectivity index (χ0v) is 22.8. The summed E-state index contributed by atoms with van der Waals surface area (Å²) in [4.78, 5) is 12.6. The molecule has 0 unspecified atom stereocenters. The van der Waals surface area contributed by atoms with Crippen molar-refractivity contribution in [3.05, 3.63) is 94.5 Å². The Bertz CT molecular complexity index is 1310. The van der Waals surface area contributed by atoms with Gasteiger partial charge in [0, 0.05) is 5.56 Å². The first-order chi connectivity index (χ1) is 16.9. The molecule has 3 aromatic carbocycles. The van der Waals surface area contributed by atoms with Crippen molar-refractivity contribution in [1.29, 1.82) is 0 Å². The minimum Gasteiger partial charge on any atom is -0.491 e. The number of carbonyl (C=O) groups excluding carboxylic acids is 1. The van der Waals surface area contributed by atoms with E-state index in [0.717, 1.165) is 28.0 Å². The summed E-state index contributed by atoms with van der Waals surface area (Å²) >= 11 is 0. The molecule has 0 aliphatic rings. The maximum Gasteiger partial charge on any atom is 0.251 e. The second-order valence-electron chi connectivity index (χ2n) is 10.1. The zero-order valence-electron chi connectivity index (χ0n) is 22.0. The Balaban J connectivity index is 1.60. The van der Waals surface area contributed by atoms with E-state index in [4.69, 9.17) is 4.74 Å². The molecule has 3 rings (SSSR count). The molecule has 0 aliphatic heterocycles. The standard InChI is InChI=1S/C29H36N2O4S/c1-21-11-16-25(19-22(21)2)31(36(6,33)34)20-23-12-14-24(15-13-23)28(32)30-17-18-35-27-10-8-7-9-26(27)29(3,4)5/h7-16,19H,17-18,20H2,1-6H3,(H,30,32). The van der Waals surface area contributed by atoms with Crippen molar-refractivity contribution in [2.24, 2.45) is 0 Å². The fourth-order valence-electron chi connectivity index (χ4n) is 3.85. The Kier molecular flexibility index (Phi) is 8.46. The summed E-state index contributed by atoms with van der Waals surface area (Å²) in [5.74, 6) is 0.617. The van der Waals surface area contributed by atoms with Crippen LogP contribution in [0.5, 0.6) is 5.75 Å². The highest BCUT2D eigenvalue weighted by molar-refractivity contribution is 7.92. The molecule has 0 fully saturated rings. The monoisotopic (exact) mass is 508 g/mol. The lowest BCUT2D eigenvalue weighted by Gasteiger charge is -2.23. The molecule has 0 spiro atoms. The predicted molar refractivity (Wildman–Crippen MR) is 146 cm³/mol. The number of nitrogens with zero attached hydrogens (tertiary/aromatic N) is 1. The third kappa shape index (κ3) is 7.10. The van der Waals surface area contributed by atoms with Crippen LogP contribution >= 0.6 is 0 Å². The number of nitrogens with one attached hydrogen (secondary N) is 1. The number of ether oxygens (including phenoxy) is 1. The van der Waals surface area contributed by atoms with Gasteiger partial charge in [0.1, 0.15) is 12.4 Å². The smallest absolute Gasteiger partial charge is 0.251 e. The van der Waals surface area contributed by atoms with Crippen LogP contribution in [0.2, 0.25) is 0 Å². The lowest BCUT2D eigenvalue weighted by atomic mass is 9.86. The molecular weight excluding hydrogens is 472 g/mol. The molecule has 0 aromatic heterocycles. The first-order valence-corrected chi connectivity index (χ1v) is 13.9. The van der Waals surface area contributed by atoms with Gasteiger partial charge in [-0.1, -0.05) is 57.2 Å². The molecule has 0 saturated heterocycles. The fourth-order valence-corrected chi connectivity index (χ4v) is 4.73. The number of anilines is 1. The van der Waals surface area contributed by atoms with Crippen LogP contribution in [0.25, 0.3) is 0 Å². The second-order valence-corrected chi connectivity index (χ2v) is 12.0. The number of aryl methyl sites for hydroxylation is 2. The number of hydrogen-bond acceptors (Lipinski definition) is 4. The molecule has 0 heterocycles. The Hall–Kier alpha value is -3.32. The molecule has 0 radical (unpaired) electrons. The first-order valence-electron chi connectivity index (χ1n) is 12.0. The summed E-state index contributed by atoms with van der Waals surface area (Å²) < 4.78 is 32.3. The SMILES string of the molecule is Cc1ccc(N(Cc2ccc(C(=O)NCCOc3ccccc3C(C)(C)C)cc2)S(C)(=O)=O)cc1C. The Morgan fingerprint density at radius 1 is 0.944 bits per heavy atom. The van der Waals surface area contributed by atoms with E-state index in [2.05, 4.69) is 32.2 Å². The van der Waals surface area contributed by atoms with Crippen molar-refractivity contribution in [2.45, 2.75) is 46.6 Å². The van der Waals surface area contributed by atoms with Gasteiger partial charge in [0.15, 0.2) is 0 Å². The minimum absolute atomic E-state index is 0.0352. The van der Waals surface area contributed by atoms with Crippen molar-refractivity contribution in [3.63, 3.8) is 0 Å². The highest BCUT2D eigenvalue weighted by Crippen LogP contribution is 2.30. The van der Waals surface area contributed by atoms with Crippen LogP contribution in [0.4, 0.5) is 5.69 Å². The van der Waals surface area contributed by atoms with E-state index in [0.29, 0.717) is 24.4 Å². The third-order valence-electron chi connectivity index (χ3n) is 6.06. The van der Waals surface area contributed by atoms with Crippen LogP contribution in [-0.4, -0.2) is 33.7 Å². The first kappa shape index (κ1) is 27.3. The van der Waals surface area contributed by atoms with E-state index in [-0.39, 0.29) is 17.9 Å². The maximum absolute atomic E-state index is 12.6. The highest BCUT2D eigenvalue weighted by atomic mass is 32.2. The average molecular weight is 509 g/mol. The van der Waals surface area contributed by atoms with E-state index < -0.39 is 10.0 Å². The van der Waals surface area contributed by atoms with Crippen molar-refractivity contribution in [2.75, 3.05) is 23.7 Å². The molecule has 1 N–H and O–H groups in total. The molecular formula is C29H36N2O4S. The number of carbonyl (C=O) groups is 1. The Morgan fingerprint density at radius 2 is 1.61 bits per heavy atom. The summed E-state index contributed by atoms with van der Waals surface area (Å²) in [6.45, 7) is 11.3. The van der Waals surface area contributed by atoms with Gasteiger partial charge in [0.2, 0.25) is 10.0 Å². The van der Waals surface area contributed by atoms with E-state index in [1.165, 1.54) is 10.6 Å². The Morgan fingerprint density at radius 3 is 2.22 bits per heavy atom. The second kappa shape index (κ2) is 11.2. The summed E-state index contributed by atoms with van der Waals surface area (Å²) in [7, 11) is -3.48. The van der Waals surface area contributed by atoms with Gasteiger partial charge >= 0.3 is 0 Å². The largest absolute Gasteiger partial charge is 0.491 e. The highest BCUT2D eigenvalue weighted by Gasteiger charge is 2.20. The Labute approximate surface area is 215 Å². The van der Waals surface area contributed by atoms with Crippen LogP contribution in [0, 0.1) is 13.8 Å². The molecule has 6 nitrogen and oxygen atoms in total. The van der Waals surface area contributed by atoms with Gasteiger partial charge in [-0.3, -0.25) is 9.10 Å². The number of rotatable bonds is 9. The van der Waals surface area contributed by atoms with Crippen molar-refractivity contribution in [3.8, 4) is 5.75 Å². The molecule has 1 amide bonds. The molecule has 0 atom stereocenters. The maximum atomic E-state index is 12.6. The lowest BCUT2D eigenvalue weighted by Crippen LogP contribution is -2.30. The van der Waals surface area contributed by atoms with Crippen molar-refractivity contribution in [1.82, 2.24) is 5.32 Å². The zero-order chi connectivity index (χ0) is 26.5. The number of sulfonamides is 1. The summed E-state index contributed by atoms with van der Waals surface area (Å²) in [6.07, 6.45) is 1.20. The van der Waals surface area contributed by atoms with E-state index in [1.807, 2.05) is 50.2 Å². The summed E-state index contributed by atoms with van der Waals surface area (Å²) in [6, 6.07) is 20.5. The van der Waals surface area contributed by atoms with Crippen LogP contribution < -0.4 is 14.4 Å². The van der Waals surface area contributed by atoms with Crippen molar-refractivity contribution >= 4 is 21.6 Å².